The smallest absolute Gasteiger partial charge is 0.174 e. The van der Waals surface area contributed by atoms with Gasteiger partial charge in [-0.1, -0.05) is 46.4 Å². The van der Waals surface area contributed by atoms with Crippen LogP contribution in [-0.4, -0.2) is 11.7 Å². The minimum absolute atomic E-state index is 0.0125. The molecule has 0 aliphatic carbocycles. The van der Waals surface area contributed by atoms with Crippen molar-refractivity contribution in [1.82, 2.24) is 0 Å². The summed E-state index contributed by atoms with van der Waals surface area (Å²) in [6.45, 7) is -0.0125. The molecule has 0 aliphatic rings. The van der Waals surface area contributed by atoms with Crippen molar-refractivity contribution in [2.24, 2.45) is 0 Å². The summed E-state index contributed by atoms with van der Waals surface area (Å²) < 4.78 is 4.99. The molecule has 0 fully saturated rings. The van der Waals surface area contributed by atoms with Gasteiger partial charge in [0.2, 0.25) is 0 Å². The molecule has 0 unspecified atom stereocenters. The lowest BCUT2D eigenvalue weighted by atomic mass is 10.3. The second-order valence-corrected chi connectivity index (χ2v) is 5.30. The Balaban J connectivity index is 0.000000219. The van der Waals surface area contributed by atoms with Crippen LogP contribution in [0.4, 0.5) is 0 Å². The molecule has 2 rings (SSSR count). The molecule has 0 amide bonds. The van der Waals surface area contributed by atoms with Crippen LogP contribution in [0.2, 0.25) is 20.1 Å². The van der Waals surface area contributed by atoms with Gasteiger partial charge in [0.1, 0.15) is 17.6 Å². The molecule has 0 saturated heterocycles. The molecule has 2 aromatic carbocycles. The van der Waals surface area contributed by atoms with Gasteiger partial charge in [-0.05, 0) is 36.4 Å². The summed E-state index contributed by atoms with van der Waals surface area (Å²) in [6.07, 6.45) is 0. The standard InChI is InChI=1S/C8H5Cl2NO.C6H4Cl2O/c9-6-1-2-8(7(10)5-6)12-4-3-11;7-4-1-2-6(9)5(8)3-4/h1-2,5H,4H2;1-3,9H. The summed E-state index contributed by atoms with van der Waals surface area (Å²) in [5, 5.41) is 18.8. The summed E-state index contributed by atoms with van der Waals surface area (Å²) in [5.74, 6) is 0.531. The highest BCUT2D eigenvalue weighted by atomic mass is 35.5. The van der Waals surface area contributed by atoms with Crippen LogP contribution >= 0.6 is 46.4 Å². The van der Waals surface area contributed by atoms with Crippen LogP contribution in [0.25, 0.3) is 0 Å². The normalized spacial score (nSPS) is 9.29. The average Bonchev–Trinajstić information content (AvgIpc) is 2.43. The van der Waals surface area contributed by atoms with Crippen molar-refractivity contribution in [3.8, 4) is 17.6 Å². The zero-order chi connectivity index (χ0) is 15.8. The first-order valence-electron chi connectivity index (χ1n) is 5.53. The van der Waals surface area contributed by atoms with Gasteiger partial charge in [0.25, 0.3) is 0 Å². The van der Waals surface area contributed by atoms with Gasteiger partial charge in [-0.3, -0.25) is 0 Å². The lowest BCUT2D eigenvalue weighted by molar-refractivity contribution is 0.368. The zero-order valence-corrected chi connectivity index (χ0v) is 13.5. The molecule has 0 saturated carbocycles. The fourth-order valence-electron chi connectivity index (χ4n) is 1.18. The van der Waals surface area contributed by atoms with E-state index < -0.39 is 0 Å². The van der Waals surface area contributed by atoms with Crippen molar-refractivity contribution < 1.29 is 9.84 Å². The molecular formula is C14H9Cl4NO2. The maximum absolute atomic E-state index is 8.85. The summed E-state index contributed by atoms with van der Waals surface area (Å²) >= 11 is 22.4. The highest BCUT2D eigenvalue weighted by molar-refractivity contribution is 6.36. The number of halogens is 4. The molecule has 7 heteroatoms. The number of hydrogen-bond donors (Lipinski definition) is 1. The fourth-order valence-corrected chi connectivity index (χ4v) is 2.06. The monoisotopic (exact) mass is 363 g/mol. The molecular weight excluding hydrogens is 356 g/mol. The lowest BCUT2D eigenvalue weighted by Gasteiger charge is -2.03. The maximum atomic E-state index is 8.85. The van der Waals surface area contributed by atoms with Crippen LogP contribution < -0.4 is 4.74 Å². The first kappa shape index (κ1) is 17.7. The molecule has 3 nitrogen and oxygen atoms in total. The van der Waals surface area contributed by atoms with Gasteiger partial charge in [0.05, 0.1) is 10.0 Å². The van der Waals surface area contributed by atoms with Gasteiger partial charge in [0, 0.05) is 10.0 Å². The summed E-state index contributed by atoms with van der Waals surface area (Å²) in [5.41, 5.74) is 0. The number of benzene rings is 2. The van der Waals surface area contributed by atoms with E-state index in [9.17, 15) is 0 Å². The van der Waals surface area contributed by atoms with Crippen LogP contribution in [0.5, 0.6) is 11.5 Å². The summed E-state index contributed by atoms with van der Waals surface area (Å²) in [6, 6.07) is 11.2. The van der Waals surface area contributed by atoms with Crippen molar-refractivity contribution >= 4 is 46.4 Å². The van der Waals surface area contributed by atoms with E-state index in [0.717, 1.165) is 0 Å². The topological polar surface area (TPSA) is 53.2 Å². The Morgan fingerprint density at radius 3 is 2.00 bits per heavy atom. The van der Waals surface area contributed by atoms with Crippen molar-refractivity contribution in [3.05, 3.63) is 56.5 Å². The van der Waals surface area contributed by atoms with Gasteiger partial charge in [-0.25, -0.2) is 0 Å². The first-order valence-corrected chi connectivity index (χ1v) is 7.04. The number of phenols is 1. The van der Waals surface area contributed by atoms with Gasteiger partial charge < -0.3 is 9.84 Å². The molecule has 0 aromatic heterocycles. The molecule has 0 bridgehead atoms. The molecule has 21 heavy (non-hydrogen) atoms. The van der Waals surface area contributed by atoms with Crippen LogP contribution in [-0.2, 0) is 0 Å². The van der Waals surface area contributed by atoms with E-state index >= 15 is 0 Å². The van der Waals surface area contributed by atoms with E-state index in [1.54, 1.807) is 24.3 Å². The third kappa shape index (κ3) is 6.33. The number of ether oxygens (including phenoxy) is 1. The molecule has 0 radical (unpaired) electrons. The van der Waals surface area contributed by atoms with Gasteiger partial charge in [-0.15, -0.1) is 0 Å². The van der Waals surface area contributed by atoms with Crippen molar-refractivity contribution in [1.29, 1.82) is 5.26 Å². The minimum Gasteiger partial charge on any atom is -0.506 e. The molecule has 0 atom stereocenters. The van der Waals surface area contributed by atoms with Crippen molar-refractivity contribution in [3.63, 3.8) is 0 Å². The third-order valence-electron chi connectivity index (χ3n) is 2.10. The Labute approximate surface area is 142 Å². The van der Waals surface area contributed by atoms with E-state index in [-0.39, 0.29) is 17.4 Å². The highest BCUT2D eigenvalue weighted by Crippen LogP contribution is 2.27. The molecule has 1 N–H and O–H groups in total. The predicted octanol–water partition coefficient (Wildman–Crippen LogP) is 5.59. The minimum atomic E-state index is -0.0125. The van der Waals surface area contributed by atoms with E-state index in [1.807, 2.05) is 6.07 Å². The lowest BCUT2D eigenvalue weighted by Crippen LogP contribution is -1.93. The maximum Gasteiger partial charge on any atom is 0.174 e. The van der Waals surface area contributed by atoms with E-state index in [2.05, 4.69) is 0 Å². The number of phenolic OH excluding ortho intramolecular Hbond substituents is 1. The van der Waals surface area contributed by atoms with Gasteiger partial charge in [0.15, 0.2) is 6.61 Å². The zero-order valence-electron chi connectivity index (χ0n) is 10.5. The number of nitriles is 1. The molecule has 0 aliphatic heterocycles. The summed E-state index contributed by atoms with van der Waals surface area (Å²) in [4.78, 5) is 0. The van der Waals surface area contributed by atoms with Gasteiger partial charge in [-0.2, -0.15) is 5.26 Å². The SMILES string of the molecule is N#CCOc1ccc(Cl)cc1Cl.Oc1ccc(Cl)cc1Cl. The number of hydrogen-bond acceptors (Lipinski definition) is 3. The van der Waals surface area contributed by atoms with Crippen molar-refractivity contribution in [2.75, 3.05) is 6.61 Å². The van der Waals surface area contributed by atoms with Crippen molar-refractivity contribution in [2.45, 2.75) is 0 Å². The Morgan fingerprint density at radius 1 is 0.952 bits per heavy atom. The number of nitrogens with zero attached hydrogens (tertiary/aromatic N) is 1. The average molecular weight is 365 g/mol. The Morgan fingerprint density at radius 2 is 1.52 bits per heavy atom. The predicted molar refractivity (Wildman–Crippen MR) is 85.7 cm³/mol. The van der Waals surface area contributed by atoms with Crippen LogP contribution in [0.15, 0.2) is 36.4 Å². The molecule has 110 valence electrons. The second-order valence-electron chi connectivity index (χ2n) is 3.62. The molecule has 0 spiro atoms. The summed E-state index contributed by atoms with van der Waals surface area (Å²) in [7, 11) is 0. The first-order chi connectivity index (χ1) is 9.93. The van der Waals surface area contributed by atoms with Crippen LogP contribution in [0, 0.1) is 11.3 Å². The Bertz CT molecular complexity index is 656. The largest absolute Gasteiger partial charge is 0.506 e. The number of rotatable bonds is 2. The van der Waals surface area contributed by atoms with Crippen LogP contribution in [0.3, 0.4) is 0 Å². The van der Waals surface area contributed by atoms with Crippen LogP contribution in [0.1, 0.15) is 0 Å². The third-order valence-corrected chi connectivity index (χ3v) is 3.16. The quantitative estimate of drug-likeness (QED) is 0.754. The van der Waals surface area contributed by atoms with E-state index in [1.165, 1.54) is 12.1 Å². The molecule has 2 aromatic rings. The fraction of sp³-hybridized carbons (Fsp3) is 0.0714. The van der Waals surface area contributed by atoms with Gasteiger partial charge >= 0.3 is 0 Å². The number of aromatic hydroxyl groups is 1. The Kier molecular flexibility index (Phi) is 7.49. The Hall–Kier alpha value is -1.31. The van der Waals surface area contributed by atoms with E-state index in [0.29, 0.717) is 20.8 Å². The second kappa shape index (κ2) is 8.86. The highest BCUT2D eigenvalue weighted by Gasteiger charge is 2.00. The van der Waals surface area contributed by atoms with E-state index in [4.69, 9.17) is 61.5 Å². The molecule has 0 heterocycles.